The first-order valence-electron chi connectivity index (χ1n) is 8.86. The Balaban J connectivity index is 1.80. The van der Waals surface area contributed by atoms with Crippen LogP contribution in [0.2, 0.25) is 0 Å². The topological polar surface area (TPSA) is 105 Å². The van der Waals surface area contributed by atoms with Crippen LogP contribution in [0, 0.1) is 6.92 Å². The van der Waals surface area contributed by atoms with Crippen molar-refractivity contribution in [1.82, 2.24) is 14.2 Å². The Labute approximate surface area is 170 Å². The fourth-order valence-corrected chi connectivity index (χ4v) is 3.64. The van der Waals surface area contributed by atoms with Crippen molar-refractivity contribution in [3.8, 4) is 22.6 Å². The van der Waals surface area contributed by atoms with Crippen molar-refractivity contribution < 1.29 is 23.8 Å². The Bertz CT molecular complexity index is 1100. The summed E-state index contributed by atoms with van der Waals surface area (Å²) >= 11 is 0.994. The summed E-state index contributed by atoms with van der Waals surface area (Å²) in [6, 6.07) is 5.44. The van der Waals surface area contributed by atoms with E-state index < -0.39 is 11.9 Å². The molecule has 1 amide bonds. The van der Waals surface area contributed by atoms with E-state index in [1.165, 1.54) is 0 Å². The number of aryl methyl sites for hydroxylation is 2. The van der Waals surface area contributed by atoms with Crippen LogP contribution in [0.5, 0.6) is 11.5 Å². The zero-order valence-corrected chi connectivity index (χ0v) is 16.8. The maximum absolute atomic E-state index is 12.8. The van der Waals surface area contributed by atoms with Gasteiger partial charge < -0.3 is 24.1 Å². The van der Waals surface area contributed by atoms with Gasteiger partial charge in [-0.05, 0) is 43.1 Å². The van der Waals surface area contributed by atoms with Crippen LogP contribution >= 0.6 is 11.5 Å². The van der Waals surface area contributed by atoms with Gasteiger partial charge in [-0.1, -0.05) is 10.6 Å². The molecule has 1 aliphatic rings. The molecule has 10 heteroatoms. The molecule has 0 atom stereocenters. The number of carbonyl (C=O) groups is 2. The second-order valence-corrected chi connectivity index (χ2v) is 7.06. The van der Waals surface area contributed by atoms with Crippen molar-refractivity contribution in [1.29, 1.82) is 0 Å². The van der Waals surface area contributed by atoms with Gasteiger partial charge in [0.2, 0.25) is 6.79 Å². The fraction of sp³-hybridized carbons (Fsp3) is 0.263. The van der Waals surface area contributed by atoms with Gasteiger partial charge >= 0.3 is 5.97 Å². The lowest BCUT2D eigenvalue weighted by Crippen LogP contribution is -2.17. The number of ether oxygens (including phenoxy) is 3. The van der Waals surface area contributed by atoms with E-state index in [4.69, 9.17) is 14.2 Å². The summed E-state index contributed by atoms with van der Waals surface area (Å²) in [5.74, 6) is 0.323. The van der Waals surface area contributed by atoms with Crippen LogP contribution < -0.4 is 14.8 Å². The lowest BCUT2D eigenvalue weighted by atomic mass is 10.1. The van der Waals surface area contributed by atoms with E-state index in [9.17, 15) is 9.59 Å². The molecule has 4 rings (SSSR count). The second-order valence-electron chi connectivity index (χ2n) is 6.31. The molecule has 3 heterocycles. The third-order valence-electron chi connectivity index (χ3n) is 4.43. The molecule has 0 aliphatic carbocycles. The number of fused-ring (bicyclic) bond motifs is 1. The highest BCUT2D eigenvalue weighted by molar-refractivity contribution is 7.08. The maximum atomic E-state index is 12.8. The first-order valence-corrected chi connectivity index (χ1v) is 9.63. The van der Waals surface area contributed by atoms with Crippen LogP contribution in [0.15, 0.2) is 24.4 Å². The minimum absolute atomic E-state index is 0.156. The summed E-state index contributed by atoms with van der Waals surface area (Å²) in [5, 5.41) is 6.72. The molecule has 0 spiro atoms. The predicted octanol–water partition coefficient (Wildman–Crippen LogP) is 3.01. The number of hydrogen-bond acceptors (Lipinski definition) is 8. The Morgan fingerprint density at radius 2 is 2.10 bits per heavy atom. The number of aromatic nitrogens is 3. The third kappa shape index (κ3) is 3.42. The first kappa shape index (κ1) is 18.9. The van der Waals surface area contributed by atoms with Gasteiger partial charge in [-0.25, -0.2) is 4.79 Å². The van der Waals surface area contributed by atoms with Gasteiger partial charge in [-0.15, -0.1) is 5.10 Å². The smallest absolute Gasteiger partial charge is 0.357 e. The van der Waals surface area contributed by atoms with Crippen molar-refractivity contribution in [2.24, 2.45) is 7.05 Å². The molecular weight excluding hydrogens is 396 g/mol. The van der Waals surface area contributed by atoms with E-state index in [0.29, 0.717) is 33.3 Å². The molecule has 3 aromatic rings. The lowest BCUT2D eigenvalue weighted by molar-refractivity contribution is 0.0516. The van der Waals surface area contributed by atoms with Crippen LogP contribution in [0.25, 0.3) is 11.1 Å². The molecule has 0 saturated carbocycles. The zero-order valence-electron chi connectivity index (χ0n) is 16.0. The van der Waals surface area contributed by atoms with Crippen LogP contribution in [0.4, 0.5) is 5.69 Å². The highest BCUT2D eigenvalue weighted by Gasteiger charge is 2.26. The Kier molecular flexibility index (Phi) is 4.93. The van der Waals surface area contributed by atoms with E-state index in [1.54, 1.807) is 37.7 Å². The van der Waals surface area contributed by atoms with Crippen molar-refractivity contribution in [3.63, 3.8) is 0 Å². The van der Waals surface area contributed by atoms with Crippen LogP contribution in [-0.4, -0.2) is 39.4 Å². The predicted molar refractivity (Wildman–Crippen MR) is 106 cm³/mol. The number of nitrogens with one attached hydrogen (secondary N) is 1. The van der Waals surface area contributed by atoms with Crippen LogP contribution in [-0.2, 0) is 11.8 Å². The minimum atomic E-state index is -0.531. The first-order chi connectivity index (χ1) is 14.0. The molecule has 0 radical (unpaired) electrons. The number of benzene rings is 1. The Morgan fingerprint density at radius 1 is 1.31 bits per heavy atom. The molecule has 1 N–H and O–H groups in total. The van der Waals surface area contributed by atoms with Crippen molar-refractivity contribution in [2.75, 3.05) is 18.7 Å². The number of esters is 1. The zero-order chi connectivity index (χ0) is 20.5. The molecule has 0 unspecified atom stereocenters. The summed E-state index contributed by atoms with van der Waals surface area (Å²) in [7, 11) is 1.72. The van der Waals surface area contributed by atoms with E-state index in [2.05, 4.69) is 14.9 Å². The summed E-state index contributed by atoms with van der Waals surface area (Å²) in [5.41, 5.74) is 2.52. The molecule has 150 valence electrons. The Hall–Kier alpha value is -3.40. The van der Waals surface area contributed by atoms with E-state index in [0.717, 1.165) is 17.1 Å². The highest BCUT2D eigenvalue weighted by Crippen LogP contribution is 2.40. The normalized spacial score (nSPS) is 12.1. The molecule has 0 fully saturated rings. The number of amides is 1. The average molecular weight is 414 g/mol. The monoisotopic (exact) mass is 414 g/mol. The van der Waals surface area contributed by atoms with Gasteiger partial charge in [-0.2, -0.15) is 0 Å². The maximum Gasteiger partial charge on any atom is 0.357 e. The minimum Gasteiger partial charge on any atom is -0.461 e. The largest absolute Gasteiger partial charge is 0.461 e. The number of nitrogens with zero attached hydrogens (tertiary/aromatic N) is 3. The molecular formula is C19H18N4O5S. The van der Waals surface area contributed by atoms with Crippen LogP contribution in [0.1, 0.15) is 32.8 Å². The Morgan fingerprint density at radius 3 is 2.83 bits per heavy atom. The van der Waals surface area contributed by atoms with Gasteiger partial charge in [0.25, 0.3) is 5.91 Å². The third-order valence-corrected chi connectivity index (χ3v) is 5.26. The number of hydrogen-bond donors (Lipinski definition) is 1. The SMILES string of the molecule is CCOC(=O)c1c(NC(=O)c2snnc2C)c(-c2ccc3c(c2)OCO3)cn1C. The molecule has 2 aromatic heterocycles. The molecule has 29 heavy (non-hydrogen) atoms. The highest BCUT2D eigenvalue weighted by atomic mass is 32.1. The quantitative estimate of drug-likeness (QED) is 0.640. The molecule has 1 aromatic carbocycles. The van der Waals surface area contributed by atoms with Gasteiger partial charge in [0.05, 0.1) is 18.0 Å². The van der Waals surface area contributed by atoms with E-state index >= 15 is 0 Å². The lowest BCUT2D eigenvalue weighted by Gasteiger charge is -2.10. The summed E-state index contributed by atoms with van der Waals surface area (Å²) in [6.45, 7) is 3.80. The van der Waals surface area contributed by atoms with Gasteiger partial charge in [-0.3, -0.25) is 4.79 Å². The summed E-state index contributed by atoms with van der Waals surface area (Å²) in [6.07, 6.45) is 1.76. The molecule has 9 nitrogen and oxygen atoms in total. The molecule has 0 saturated heterocycles. The molecule has 1 aliphatic heterocycles. The van der Waals surface area contributed by atoms with E-state index in [1.807, 2.05) is 12.1 Å². The molecule has 0 bridgehead atoms. The average Bonchev–Trinajstić information content (AvgIpc) is 3.40. The van der Waals surface area contributed by atoms with Gasteiger partial charge in [0.1, 0.15) is 4.88 Å². The van der Waals surface area contributed by atoms with Crippen LogP contribution in [0.3, 0.4) is 0 Å². The van der Waals surface area contributed by atoms with E-state index in [-0.39, 0.29) is 19.1 Å². The summed E-state index contributed by atoms with van der Waals surface area (Å²) < 4.78 is 21.4. The number of carbonyl (C=O) groups excluding carboxylic acids is 2. The second kappa shape index (κ2) is 7.55. The number of anilines is 1. The van der Waals surface area contributed by atoms with Crippen molar-refractivity contribution in [2.45, 2.75) is 13.8 Å². The van der Waals surface area contributed by atoms with Crippen molar-refractivity contribution >= 4 is 29.1 Å². The standard InChI is InChI=1S/C19H18N4O5S/c1-4-26-19(25)16-15(20-18(24)17-10(2)21-22-29-17)12(8-23(16)3)11-5-6-13-14(7-11)28-9-27-13/h5-8H,4,9H2,1-3H3,(H,20,24). The van der Waals surface area contributed by atoms with Gasteiger partial charge in [0.15, 0.2) is 17.2 Å². The fourth-order valence-electron chi connectivity index (χ4n) is 3.09. The van der Waals surface area contributed by atoms with Crippen molar-refractivity contribution in [3.05, 3.63) is 40.7 Å². The van der Waals surface area contributed by atoms with Gasteiger partial charge in [0, 0.05) is 18.8 Å². The number of rotatable bonds is 5. The summed E-state index contributed by atoms with van der Waals surface area (Å²) in [4.78, 5) is 25.8.